The maximum Gasteiger partial charge on any atom is 0.166 e. The Labute approximate surface area is 263 Å². The minimum atomic E-state index is -0.241. The second-order valence-electron chi connectivity index (χ2n) is 9.31. The Bertz CT molecular complexity index is 1830. The van der Waals surface area contributed by atoms with Crippen molar-refractivity contribution in [3.63, 3.8) is 0 Å². The number of phenols is 4. The van der Waals surface area contributed by atoms with Gasteiger partial charge in [0.15, 0.2) is 23.0 Å². The molecule has 0 saturated heterocycles. The summed E-state index contributed by atoms with van der Waals surface area (Å²) >= 11 is 0. The van der Waals surface area contributed by atoms with Crippen LogP contribution in [0.15, 0.2) is 119 Å². The van der Waals surface area contributed by atoms with Gasteiger partial charge in [-0.3, -0.25) is 9.98 Å². The molecule has 0 fully saturated rings. The van der Waals surface area contributed by atoms with Gasteiger partial charge in [0.25, 0.3) is 0 Å². The van der Waals surface area contributed by atoms with E-state index in [2.05, 4.69) is 0 Å². The second kappa shape index (κ2) is 12.9. The van der Waals surface area contributed by atoms with Crippen molar-refractivity contribution in [1.29, 1.82) is 0 Å². The van der Waals surface area contributed by atoms with Crippen LogP contribution in [0.2, 0.25) is 0 Å². The van der Waals surface area contributed by atoms with Crippen molar-refractivity contribution in [2.24, 2.45) is 9.98 Å². The molecule has 0 amide bonds. The van der Waals surface area contributed by atoms with Crippen molar-refractivity contribution in [3.05, 3.63) is 120 Å². The maximum absolute atomic E-state index is 10.3. The summed E-state index contributed by atoms with van der Waals surface area (Å²) in [5.74, 6) is -0.919. The van der Waals surface area contributed by atoms with Gasteiger partial charge in [0.1, 0.15) is 0 Å². The normalized spacial score (nSPS) is 11.1. The van der Waals surface area contributed by atoms with Crippen LogP contribution in [0.25, 0.3) is 32.7 Å². The van der Waals surface area contributed by atoms with E-state index in [4.69, 9.17) is 9.98 Å². The largest absolute Gasteiger partial charge is 0.504 e. The van der Waals surface area contributed by atoms with Crippen molar-refractivity contribution in [2.45, 2.75) is 0 Å². The van der Waals surface area contributed by atoms with Crippen LogP contribution < -0.4 is 0 Å². The first kappa shape index (κ1) is 30.4. The summed E-state index contributed by atoms with van der Waals surface area (Å²) in [6.07, 6.45) is 3.06. The Morgan fingerprint density at radius 2 is 0.833 bits per heavy atom. The van der Waals surface area contributed by atoms with Crippen molar-refractivity contribution < 1.29 is 54.6 Å². The number of rotatable bonds is 5. The number of benzene rings is 6. The van der Waals surface area contributed by atoms with Gasteiger partial charge in [-0.05, 0) is 57.9 Å². The number of phenolic OH excluding ortho intramolecular Hbond substituents is 4. The summed E-state index contributed by atoms with van der Waals surface area (Å²) in [6, 6.07) is 33.3. The Morgan fingerprint density at radius 1 is 0.429 bits per heavy atom. The summed E-state index contributed by atoms with van der Waals surface area (Å²) in [4.78, 5) is 9.55. The molecular weight excluding hydrogens is 627 g/mol. The molecule has 6 nitrogen and oxygen atoms in total. The van der Waals surface area contributed by atoms with Gasteiger partial charge < -0.3 is 20.4 Å². The predicted octanol–water partition coefficient (Wildman–Crippen LogP) is 7.98. The van der Waals surface area contributed by atoms with Gasteiger partial charge in [-0.15, -0.1) is 0 Å². The SMILES string of the molecule is Oc1cccc(C=Nc2ccc3ccccc3c2-c2c(N=Cc3cccc(O)c3O)ccc3ccccc23)c1O.[Cu].[Cu]. The molecule has 0 heterocycles. The zero-order valence-electron chi connectivity index (χ0n) is 21.8. The first-order valence-electron chi connectivity index (χ1n) is 12.6. The fraction of sp³-hybridized carbons (Fsp3) is 0. The van der Waals surface area contributed by atoms with Crippen LogP contribution in [-0.2, 0) is 34.1 Å². The van der Waals surface area contributed by atoms with Gasteiger partial charge in [-0.2, -0.15) is 0 Å². The van der Waals surface area contributed by atoms with E-state index in [1.165, 1.54) is 24.6 Å². The molecule has 6 aromatic rings. The van der Waals surface area contributed by atoms with Crippen molar-refractivity contribution in [1.82, 2.24) is 0 Å². The molecule has 0 spiro atoms. The monoisotopic (exact) mass is 650 g/mol. The minimum Gasteiger partial charge on any atom is -0.504 e. The van der Waals surface area contributed by atoms with Crippen LogP contribution in [0.5, 0.6) is 23.0 Å². The first-order valence-corrected chi connectivity index (χ1v) is 12.6. The summed E-state index contributed by atoms with van der Waals surface area (Å²) in [6.45, 7) is 0. The Morgan fingerprint density at radius 3 is 1.26 bits per heavy atom. The topological polar surface area (TPSA) is 106 Å². The molecule has 6 aromatic carbocycles. The molecule has 0 aromatic heterocycles. The van der Waals surface area contributed by atoms with Crippen molar-refractivity contribution in [2.75, 3.05) is 0 Å². The van der Waals surface area contributed by atoms with Crippen LogP contribution in [0, 0.1) is 0 Å². The molecule has 0 aliphatic heterocycles. The Balaban J connectivity index is 0.00000202. The quantitative estimate of drug-likeness (QED) is 0.0862. The van der Waals surface area contributed by atoms with Crippen LogP contribution in [0.3, 0.4) is 0 Å². The smallest absolute Gasteiger partial charge is 0.166 e. The average Bonchev–Trinajstić information content (AvgIpc) is 2.98. The standard InChI is InChI=1S/C34H24N2O4.2Cu/c37-29-13-5-9-23(33(29)39)19-35-27-17-15-21-7-1-3-11-25(21)31(27)32-26-12-4-2-8-22(26)16-18-28(32)36-20-24-10-6-14-30(38)34(24)40;;/h1-20,37-40H;;. The van der Waals surface area contributed by atoms with Gasteiger partial charge in [0.2, 0.25) is 0 Å². The zero-order valence-corrected chi connectivity index (χ0v) is 23.7. The van der Waals surface area contributed by atoms with E-state index in [1.807, 2.05) is 72.8 Å². The minimum absolute atomic E-state index is 0. The molecule has 8 heteroatoms. The predicted molar refractivity (Wildman–Crippen MR) is 161 cm³/mol. The van der Waals surface area contributed by atoms with E-state index in [9.17, 15) is 20.4 Å². The molecule has 0 bridgehead atoms. The molecule has 0 saturated carbocycles. The number of fused-ring (bicyclic) bond motifs is 2. The van der Waals surface area contributed by atoms with Crippen molar-refractivity contribution in [3.8, 4) is 34.1 Å². The van der Waals surface area contributed by atoms with Gasteiger partial charge in [0.05, 0.1) is 11.4 Å². The molecule has 0 aliphatic rings. The zero-order chi connectivity index (χ0) is 27.6. The second-order valence-corrected chi connectivity index (χ2v) is 9.31. The van der Waals surface area contributed by atoms with Gasteiger partial charge >= 0.3 is 0 Å². The molecule has 4 N–H and O–H groups in total. The summed E-state index contributed by atoms with van der Waals surface area (Å²) < 4.78 is 0. The number of aromatic hydroxyl groups is 4. The molecule has 2 radical (unpaired) electrons. The third kappa shape index (κ3) is 5.75. The third-order valence-electron chi connectivity index (χ3n) is 6.84. The molecule has 216 valence electrons. The fourth-order valence-electron chi connectivity index (χ4n) is 4.84. The third-order valence-corrected chi connectivity index (χ3v) is 6.84. The number of hydrogen-bond acceptors (Lipinski definition) is 6. The van der Waals surface area contributed by atoms with Crippen LogP contribution in [-0.4, -0.2) is 32.9 Å². The number of hydrogen-bond donors (Lipinski definition) is 4. The molecule has 0 unspecified atom stereocenters. The van der Waals surface area contributed by atoms with Gasteiger partial charge in [0, 0.05) is 68.8 Å². The molecule has 42 heavy (non-hydrogen) atoms. The van der Waals surface area contributed by atoms with E-state index in [0.717, 1.165) is 32.7 Å². The maximum atomic E-state index is 10.3. The van der Waals surface area contributed by atoms with Crippen molar-refractivity contribution >= 4 is 45.3 Å². The summed E-state index contributed by atoms with van der Waals surface area (Å²) in [5.41, 5.74) is 3.75. The van der Waals surface area contributed by atoms with E-state index >= 15 is 0 Å². The molecule has 0 atom stereocenters. The Hall–Kier alpha value is -4.58. The number of para-hydroxylation sites is 2. The molecular formula is C34H24Cu2N2O4. The van der Waals surface area contributed by atoms with Gasteiger partial charge in [-0.25, -0.2) is 0 Å². The van der Waals surface area contributed by atoms with Crippen LogP contribution in [0.1, 0.15) is 11.1 Å². The Kier molecular flexibility index (Phi) is 9.36. The first-order chi connectivity index (χ1) is 19.5. The number of nitrogens with zero attached hydrogens (tertiary/aromatic N) is 2. The van der Waals surface area contributed by atoms with Crippen LogP contribution >= 0.6 is 0 Å². The summed E-state index contributed by atoms with van der Waals surface area (Å²) in [5, 5.41) is 44.6. The number of aliphatic imine (C=N–C) groups is 2. The van der Waals surface area contributed by atoms with E-state index in [-0.39, 0.29) is 57.1 Å². The van der Waals surface area contributed by atoms with Gasteiger partial charge in [-0.1, -0.05) is 72.8 Å². The van der Waals surface area contributed by atoms with E-state index in [1.54, 1.807) is 24.3 Å². The van der Waals surface area contributed by atoms with Crippen LogP contribution in [0.4, 0.5) is 11.4 Å². The van der Waals surface area contributed by atoms with E-state index < -0.39 is 0 Å². The summed E-state index contributed by atoms with van der Waals surface area (Å²) in [7, 11) is 0. The van der Waals surface area contributed by atoms with E-state index in [0.29, 0.717) is 22.5 Å². The average molecular weight is 652 g/mol. The molecule has 0 aliphatic carbocycles. The fourth-order valence-corrected chi connectivity index (χ4v) is 4.84. The molecule has 6 rings (SSSR count).